The number of hydrogen-bond donors (Lipinski definition) is 1. The first-order valence-electron chi connectivity index (χ1n) is 7.75. The number of piperidine rings is 1. The lowest BCUT2D eigenvalue weighted by Gasteiger charge is -2.32. The molecule has 0 saturated carbocycles. The van der Waals surface area contributed by atoms with E-state index in [9.17, 15) is 0 Å². The molecule has 1 atom stereocenters. The Balaban J connectivity index is 1.90. The summed E-state index contributed by atoms with van der Waals surface area (Å²) in [4.78, 5) is 2.48. The van der Waals surface area contributed by atoms with Gasteiger partial charge in [0, 0.05) is 12.6 Å². The molecular weight excluding hydrogens is 248 g/mol. The lowest BCUT2D eigenvalue weighted by atomic mass is 10.0. The second-order valence-corrected chi connectivity index (χ2v) is 6.03. The fraction of sp³-hybridized carbons (Fsp3) is 0.647. The molecule has 2 rings (SSSR count). The number of nitrogens with zero attached hydrogens (tertiary/aromatic N) is 1. The van der Waals surface area contributed by atoms with Crippen LogP contribution >= 0.6 is 0 Å². The van der Waals surface area contributed by atoms with Crippen LogP contribution in [0.3, 0.4) is 0 Å². The van der Waals surface area contributed by atoms with E-state index in [0.29, 0.717) is 12.6 Å². The summed E-state index contributed by atoms with van der Waals surface area (Å²) in [6.07, 6.45) is 5.13. The van der Waals surface area contributed by atoms with Crippen LogP contribution in [-0.4, -0.2) is 31.1 Å². The van der Waals surface area contributed by atoms with Crippen LogP contribution in [0.25, 0.3) is 0 Å². The lowest BCUT2D eigenvalue weighted by Crippen LogP contribution is -2.37. The molecule has 1 heterocycles. The molecule has 0 spiro atoms. The van der Waals surface area contributed by atoms with Gasteiger partial charge in [0.25, 0.3) is 0 Å². The Bertz CT molecular complexity index is 422. The van der Waals surface area contributed by atoms with Gasteiger partial charge in [-0.25, -0.2) is 0 Å². The van der Waals surface area contributed by atoms with E-state index in [-0.39, 0.29) is 0 Å². The highest BCUT2D eigenvalue weighted by Gasteiger charge is 2.18. The Kier molecular flexibility index (Phi) is 5.44. The van der Waals surface area contributed by atoms with Crippen LogP contribution in [0.15, 0.2) is 12.1 Å². The number of ether oxygens (including phenoxy) is 1. The van der Waals surface area contributed by atoms with Gasteiger partial charge in [-0.05, 0) is 63.4 Å². The summed E-state index contributed by atoms with van der Waals surface area (Å²) in [5.41, 5.74) is 9.28. The van der Waals surface area contributed by atoms with E-state index in [0.717, 1.165) is 18.8 Å². The van der Waals surface area contributed by atoms with Crippen molar-refractivity contribution >= 4 is 0 Å². The topological polar surface area (TPSA) is 38.5 Å². The summed E-state index contributed by atoms with van der Waals surface area (Å²) in [6.45, 7) is 6.84. The number of benzene rings is 1. The zero-order chi connectivity index (χ0) is 14.5. The molecule has 0 radical (unpaired) electrons. The highest BCUT2D eigenvalue weighted by Crippen LogP contribution is 2.25. The molecule has 1 unspecified atom stereocenters. The van der Waals surface area contributed by atoms with Crippen molar-refractivity contribution in [1.29, 1.82) is 0 Å². The SMILES string of the molecule is Cc1cc(CN)cc(C)c1OCCC1CCCCN1C. The van der Waals surface area contributed by atoms with Crippen molar-refractivity contribution in [1.82, 2.24) is 4.90 Å². The van der Waals surface area contributed by atoms with E-state index in [1.54, 1.807) is 0 Å². The van der Waals surface area contributed by atoms with Gasteiger partial charge in [0.2, 0.25) is 0 Å². The zero-order valence-electron chi connectivity index (χ0n) is 13.1. The van der Waals surface area contributed by atoms with E-state index >= 15 is 0 Å². The Morgan fingerprint density at radius 3 is 2.55 bits per heavy atom. The summed E-state index contributed by atoms with van der Waals surface area (Å²) < 4.78 is 6.05. The molecule has 2 N–H and O–H groups in total. The molecular formula is C17H28N2O. The van der Waals surface area contributed by atoms with Crippen molar-refractivity contribution in [2.45, 2.75) is 52.1 Å². The molecule has 112 valence electrons. The molecule has 0 amide bonds. The first-order chi connectivity index (χ1) is 9.61. The van der Waals surface area contributed by atoms with Crippen LogP contribution in [0.5, 0.6) is 5.75 Å². The fourth-order valence-corrected chi connectivity index (χ4v) is 3.19. The van der Waals surface area contributed by atoms with Gasteiger partial charge in [-0.1, -0.05) is 18.6 Å². The maximum atomic E-state index is 6.05. The molecule has 0 aromatic heterocycles. The van der Waals surface area contributed by atoms with Crippen LogP contribution < -0.4 is 10.5 Å². The largest absolute Gasteiger partial charge is 0.493 e. The molecule has 0 aliphatic carbocycles. The van der Waals surface area contributed by atoms with E-state index in [1.165, 1.54) is 42.5 Å². The summed E-state index contributed by atoms with van der Waals surface area (Å²) >= 11 is 0. The number of nitrogens with two attached hydrogens (primary N) is 1. The van der Waals surface area contributed by atoms with Crippen molar-refractivity contribution in [2.24, 2.45) is 5.73 Å². The highest BCUT2D eigenvalue weighted by atomic mass is 16.5. The van der Waals surface area contributed by atoms with Gasteiger partial charge in [-0.15, -0.1) is 0 Å². The van der Waals surface area contributed by atoms with E-state index in [2.05, 4.69) is 37.9 Å². The van der Waals surface area contributed by atoms with Crippen molar-refractivity contribution < 1.29 is 4.74 Å². The van der Waals surface area contributed by atoms with E-state index < -0.39 is 0 Å². The monoisotopic (exact) mass is 276 g/mol. The molecule has 1 aliphatic rings. The van der Waals surface area contributed by atoms with Crippen LogP contribution in [0.4, 0.5) is 0 Å². The van der Waals surface area contributed by atoms with Gasteiger partial charge in [0.1, 0.15) is 5.75 Å². The molecule has 0 bridgehead atoms. The number of likely N-dealkylation sites (tertiary alicyclic amines) is 1. The first-order valence-corrected chi connectivity index (χ1v) is 7.75. The average Bonchev–Trinajstić information content (AvgIpc) is 2.43. The summed E-state index contributed by atoms with van der Waals surface area (Å²) in [7, 11) is 2.23. The lowest BCUT2D eigenvalue weighted by molar-refractivity contribution is 0.152. The van der Waals surface area contributed by atoms with Gasteiger partial charge in [0.15, 0.2) is 0 Å². The van der Waals surface area contributed by atoms with Gasteiger partial charge in [-0.2, -0.15) is 0 Å². The van der Waals surface area contributed by atoms with E-state index in [1.807, 2.05) is 0 Å². The van der Waals surface area contributed by atoms with Crippen molar-refractivity contribution in [3.05, 3.63) is 28.8 Å². The van der Waals surface area contributed by atoms with Crippen LogP contribution in [0.1, 0.15) is 42.4 Å². The van der Waals surface area contributed by atoms with Crippen LogP contribution in [0, 0.1) is 13.8 Å². The molecule has 1 aromatic rings. The molecule has 1 fully saturated rings. The third-order valence-corrected chi connectivity index (χ3v) is 4.37. The van der Waals surface area contributed by atoms with Gasteiger partial charge < -0.3 is 15.4 Å². The minimum atomic E-state index is 0.592. The quantitative estimate of drug-likeness (QED) is 0.898. The Morgan fingerprint density at radius 2 is 1.95 bits per heavy atom. The number of hydrogen-bond acceptors (Lipinski definition) is 3. The predicted octanol–water partition coefficient (Wildman–Crippen LogP) is 3.02. The van der Waals surface area contributed by atoms with E-state index in [4.69, 9.17) is 10.5 Å². The number of rotatable bonds is 5. The molecule has 3 nitrogen and oxygen atoms in total. The average molecular weight is 276 g/mol. The van der Waals surface area contributed by atoms with Gasteiger partial charge in [0.05, 0.1) is 6.61 Å². The van der Waals surface area contributed by atoms with Gasteiger partial charge in [-0.3, -0.25) is 0 Å². The first kappa shape index (κ1) is 15.3. The minimum Gasteiger partial charge on any atom is -0.493 e. The standard InChI is InChI=1S/C17H28N2O/c1-13-10-15(12-18)11-14(2)17(13)20-9-7-16-6-4-5-8-19(16)3/h10-11,16H,4-9,12,18H2,1-3H3. The summed E-state index contributed by atoms with van der Waals surface area (Å²) in [5, 5.41) is 0. The summed E-state index contributed by atoms with van der Waals surface area (Å²) in [6, 6.07) is 4.96. The Labute approximate surface area is 123 Å². The predicted molar refractivity (Wildman–Crippen MR) is 84.2 cm³/mol. The minimum absolute atomic E-state index is 0.592. The van der Waals surface area contributed by atoms with Crippen molar-refractivity contribution in [2.75, 3.05) is 20.2 Å². The second kappa shape index (κ2) is 7.09. The summed E-state index contributed by atoms with van der Waals surface area (Å²) in [5.74, 6) is 1.04. The second-order valence-electron chi connectivity index (χ2n) is 6.03. The molecule has 3 heteroatoms. The van der Waals surface area contributed by atoms with Crippen LogP contribution in [-0.2, 0) is 6.54 Å². The van der Waals surface area contributed by atoms with Crippen LogP contribution in [0.2, 0.25) is 0 Å². The smallest absolute Gasteiger partial charge is 0.125 e. The molecule has 1 aliphatic heterocycles. The molecule has 1 aromatic carbocycles. The normalized spacial score (nSPS) is 20.1. The third-order valence-electron chi connectivity index (χ3n) is 4.37. The fourth-order valence-electron chi connectivity index (χ4n) is 3.19. The Morgan fingerprint density at radius 1 is 1.25 bits per heavy atom. The maximum absolute atomic E-state index is 6.05. The maximum Gasteiger partial charge on any atom is 0.125 e. The van der Waals surface area contributed by atoms with Gasteiger partial charge >= 0.3 is 0 Å². The number of aryl methyl sites for hydroxylation is 2. The zero-order valence-corrected chi connectivity index (χ0v) is 13.1. The Hall–Kier alpha value is -1.06. The third kappa shape index (κ3) is 3.74. The van der Waals surface area contributed by atoms with Crippen molar-refractivity contribution in [3.8, 4) is 5.75 Å². The van der Waals surface area contributed by atoms with Crippen molar-refractivity contribution in [3.63, 3.8) is 0 Å². The molecule has 1 saturated heterocycles. The molecule has 20 heavy (non-hydrogen) atoms. The highest BCUT2D eigenvalue weighted by molar-refractivity contribution is 5.43.